The molecule has 0 amide bonds. The van der Waals surface area contributed by atoms with Crippen molar-refractivity contribution < 1.29 is 0 Å². The second kappa shape index (κ2) is 5.41. The zero-order valence-electron chi connectivity index (χ0n) is 9.10. The van der Waals surface area contributed by atoms with Crippen LogP contribution < -0.4 is 5.73 Å². The van der Waals surface area contributed by atoms with Gasteiger partial charge in [0.1, 0.15) is 0 Å². The first-order valence-corrected chi connectivity index (χ1v) is 6.22. The Kier molecular flexibility index (Phi) is 4.48. The Morgan fingerprint density at radius 3 is 2.86 bits per heavy atom. The molecule has 4 heteroatoms. The number of nitrogens with two attached hydrogens (primary N) is 1. The van der Waals surface area contributed by atoms with Gasteiger partial charge in [0.05, 0.1) is 12.0 Å². The van der Waals surface area contributed by atoms with E-state index in [0.717, 1.165) is 18.7 Å². The summed E-state index contributed by atoms with van der Waals surface area (Å²) in [5, 5.41) is 0.693. The van der Waals surface area contributed by atoms with E-state index >= 15 is 0 Å². The lowest BCUT2D eigenvalue weighted by Crippen LogP contribution is -2.13. The number of thioether (sulfide) groups is 1. The number of imidazole rings is 1. The van der Waals surface area contributed by atoms with Gasteiger partial charge in [0, 0.05) is 24.0 Å². The molecule has 1 aromatic rings. The van der Waals surface area contributed by atoms with Gasteiger partial charge in [-0.05, 0) is 19.6 Å². The van der Waals surface area contributed by atoms with Gasteiger partial charge in [-0.1, -0.05) is 6.92 Å². The van der Waals surface area contributed by atoms with E-state index in [0.29, 0.717) is 5.25 Å². The van der Waals surface area contributed by atoms with Crippen LogP contribution in [-0.4, -0.2) is 21.1 Å². The average Bonchev–Trinajstić information content (AvgIpc) is 2.62. The molecule has 0 aliphatic carbocycles. The summed E-state index contributed by atoms with van der Waals surface area (Å²) < 4.78 is 2.15. The second-order valence-corrected chi connectivity index (χ2v) is 4.91. The molecule has 0 aliphatic heterocycles. The van der Waals surface area contributed by atoms with E-state index in [4.69, 9.17) is 5.73 Å². The van der Waals surface area contributed by atoms with Crippen LogP contribution in [0.5, 0.6) is 0 Å². The van der Waals surface area contributed by atoms with E-state index in [1.165, 1.54) is 0 Å². The number of aromatic nitrogens is 2. The van der Waals surface area contributed by atoms with Crippen molar-refractivity contribution in [1.82, 2.24) is 9.55 Å². The van der Waals surface area contributed by atoms with Crippen LogP contribution in [0.3, 0.4) is 0 Å². The highest BCUT2D eigenvalue weighted by atomic mass is 32.2. The van der Waals surface area contributed by atoms with Crippen molar-refractivity contribution in [3.05, 3.63) is 18.2 Å². The molecule has 2 N–H and O–H groups in total. The highest BCUT2D eigenvalue weighted by Gasteiger charge is 2.07. The van der Waals surface area contributed by atoms with Gasteiger partial charge in [-0.15, -0.1) is 0 Å². The van der Waals surface area contributed by atoms with Crippen LogP contribution in [0.15, 0.2) is 12.5 Å². The van der Waals surface area contributed by atoms with Crippen LogP contribution in [-0.2, 0) is 6.54 Å². The van der Waals surface area contributed by atoms with Crippen molar-refractivity contribution >= 4 is 11.8 Å². The maximum atomic E-state index is 5.83. The summed E-state index contributed by atoms with van der Waals surface area (Å²) in [6, 6.07) is 0.0714. The molecule has 0 saturated heterocycles. The van der Waals surface area contributed by atoms with Crippen LogP contribution in [0.4, 0.5) is 0 Å². The van der Waals surface area contributed by atoms with Gasteiger partial charge in [0.2, 0.25) is 0 Å². The topological polar surface area (TPSA) is 43.8 Å². The van der Waals surface area contributed by atoms with E-state index in [1.54, 1.807) is 0 Å². The number of rotatable bonds is 5. The predicted octanol–water partition coefficient (Wildman–Crippen LogP) is 2.04. The van der Waals surface area contributed by atoms with Crippen molar-refractivity contribution in [3.8, 4) is 0 Å². The molecule has 0 spiro atoms. The quantitative estimate of drug-likeness (QED) is 0.814. The van der Waals surface area contributed by atoms with Crippen molar-refractivity contribution in [2.45, 2.75) is 38.1 Å². The summed E-state index contributed by atoms with van der Waals surface area (Å²) in [5.74, 6) is 0. The number of hydrogen-bond donors (Lipinski definition) is 1. The summed E-state index contributed by atoms with van der Waals surface area (Å²) in [6.07, 6.45) is 7.03. The summed E-state index contributed by atoms with van der Waals surface area (Å²) in [6.45, 7) is 5.25. The Hall–Kier alpha value is -0.480. The second-order valence-electron chi connectivity index (χ2n) is 3.64. The Labute approximate surface area is 90.1 Å². The maximum Gasteiger partial charge on any atom is 0.0948 e. The zero-order chi connectivity index (χ0) is 10.6. The van der Waals surface area contributed by atoms with Crippen LogP contribution in [0.1, 0.15) is 32.0 Å². The van der Waals surface area contributed by atoms with Gasteiger partial charge >= 0.3 is 0 Å². The third-order valence-electron chi connectivity index (χ3n) is 2.39. The molecule has 0 saturated carbocycles. The molecule has 3 nitrogen and oxygen atoms in total. The fourth-order valence-corrected chi connectivity index (χ4v) is 1.68. The number of nitrogens with zero attached hydrogens (tertiary/aromatic N) is 2. The van der Waals surface area contributed by atoms with Gasteiger partial charge in [-0.3, -0.25) is 0 Å². The molecule has 14 heavy (non-hydrogen) atoms. The molecule has 1 heterocycles. The molecule has 0 aliphatic rings. The molecule has 2 atom stereocenters. The number of hydrogen-bond acceptors (Lipinski definition) is 3. The molecule has 0 aromatic carbocycles. The zero-order valence-corrected chi connectivity index (χ0v) is 9.92. The Balaban J connectivity index is 2.54. The van der Waals surface area contributed by atoms with Crippen LogP contribution in [0, 0.1) is 0 Å². The highest BCUT2D eigenvalue weighted by Crippen LogP contribution is 2.14. The summed E-state index contributed by atoms with van der Waals surface area (Å²) in [4.78, 5) is 4.12. The minimum absolute atomic E-state index is 0.0714. The van der Waals surface area contributed by atoms with Crippen molar-refractivity contribution in [3.63, 3.8) is 0 Å². The predicted molar refractivity (Wildman–Crippen MR) is 62.4 cm³/mol. The van der Waals surface area contributed by atoms with Crippen molar-refractivity contribution in [2.24, 2.45) is 5.73 Å². The summed E-state index contributed by atoms with van der Waals surface area (Å²) >= 11 is 1.90. The van der Waals surface area contributed by atoms with Crippen LogP contribution >= 0.6 is 11.8 Å². The largest absolute Gasteiger partial charge is 0.333 e. The standard InChI is InChI=1S/C10H19N3S/c1-8(14-3)4-5-13-7-12-6-10(13)9(2)11/h6-9H,4-5,11H2,1-3H3/t8?,9-/m0/s1. The van der Waals surface area contributed by atoms with Crippen LogP contribution in [0.2, 0.25) is 0 Å². The van der Waals surface area contributed by atoms with E-state index in [9.17, 15) is 0 Å². The molecular formula is C10H19N3S. The monoisotopic (exact) mass is 213 g/mol. The minimum atomic E-state index is 0.0714. The van der Waals surface area contributed by atoms with Gasteiger partial charge in [0.15, 0.2) is 0 Å². The molecule has 1 aromatic heterocycles. The fourth-order valence-electron chi connectivity index (χ4n) is 1.34. The Morgan fingerprint density at radius 2 is 2.29 bits per heavy atom. The third-order valence-corrected chi connectivity index (χ3v) is 3.43. The first kappa shape index (κ1) is 11.6. The van der Waals surface area contributed by atoms with Gasteiger partial charge in [-0.2, -0.15) is 11.8 Å². The summed E-state index contributed by atoms with van der Waals surface area (Å²) in [7, 11) is 0. The maximum absolute atomic E-state index is 5.83. The molecule has 1 rings (SSSR count). The molecular weight excluding hydrogens is 194 g/mol. The lowest BCUT2D eigenvalue weighted by molar-refractivity contribution is 0.591. The minimum Gasteiger partial charge on any atom is -0.333 e. The molecule has 0 fully saturated rings. The van der Waals surface area contributed by atoms with Gasteiger partial charge < -0.3 is 10.3 Å². The highest BCUT2D eigenvalue weighted by molar-refractivity contribution is 7.99. The van der Waals surface area contributed by atoms with E-state index in [-0.39, 0.29) is 6.04 Å². The normalized spacial score (nSPS) is 15.4. The Bertz CT molecular complexity index is 270. The van der Waals surface area contributed by atoms with Crippen LogP contribution in [0.25, 0.3) is 0 Å². The van der Waals surface area contributed by atoms with Gasteiger partial charge in [-0.25, -0.2) is 4.98 Å². The van der Waals surface area contributed by atoms with Gasteiger partial charge in [0.25, 0.3) is 0 Å². The smallest absolute Gasteiger partial charge is 0.0948 e. The van der Waals surface area contributed by atoms with Crippen molar-refractivity contribution in [2.75, 3.05) is 6.26 Å². The summed E-state index contributed by atoms with van der Waals surface area (Å²) in [5.41, 5.74) is 6.96. The first-order valence-electron chi connectivity index (χ1n) is 4.93. The van der Waals surface area contributed by atoms with E-state index in [2.05, 4.69) is 22.7 Å². The Morgan fingerprint density at radius 1 is 1.57 bits per heavy atom. The molecule has 0 bridgehead atoms. The lowest BCUT2D eigenvalue weighted by atomic mass is 10.2. The van der Waals surface area contributed by atoms with E-state index in [1.807, 2.05) is 31.2 Å². The third kappa shape index (κ3) is 3.03. The fraction of sp³-hybridized carbons (Fsp3) is 0.700. The number of aryl methyl sites for hydroxylation is 1. The lowest BCUT2D eigenvalue weighted by Gasteiger charge is -2.12. The molecule has 1 unspecified atom stereocenters. The molecule has 0 radical (unpaired) electrons. The van der Waals surface area contributed by atoms with E-state index < -0.39 is 0 Å². The first-order chi connectivity index (χ1) is 6.65. The average molecular weight is 213 g/mol. The SMILES string of the molecule is CSC(C)CCn1cncc1[C@H](C)N. The van der Waals surface area contributed by atoms with Crippen molar-refractivity contribution in [1.29, 1.82) is 0 Å². The molecule has 80 valence electrons.